The van der Waals surface area contributed by atoms with E-state index in [4.69, 9.17) is 4.74 Å². The number of benzene rings is 1. The molecule has 3 aliphatic rings. The number of hydrogen-bond donors (Lipinski definition) is 0. The van der Waals surface area contributed by atoms with Crippen LogP contribution in [0, 0.1) is 17.3 Å². The monoisotopic (exact) mass is 390 g/mol. The fourth-order valence-electron chi connectivity index (χ4n) is 6.31. The van der Waals surface area contributed by atoms with Crippen molar-refractivity contribution in [2.75, 3.05) is 7.11 Å². The summed E-state index contributed by atoms with van der Waals surface area (Å²) in [6.45, 7) is 5.17. The van der Waals surface area contributed by atoms with Crippen molar-refractivity contribution in [1.82, 2.24) is 9.78 Å². The van der Waals surface area contributed by atoms with Crippen molar-refractivity contribution in [2.45, 2.75) is 58.4 Å². The zero-order valence-electron chi connectivity index (χ0n) is 17.6. The van der Waals surface area contributed by atoms with Crippen molar-refractivity contribution in [3.05, 3.63) is 52.9 Å². The Morgan fingerprint density at radius 3 is 2.97 bits per heavy atom. The van der Waals surface area contributed by atoms with Gasteiger partial charge >= 0.3 is 0 Å². The maximum Gasteiger partial charge on any atom is 0.165 e. The van der Waals surface area contributed by atoms with Gasteiger partial charge in [0, 0.05) is 23.7 Å². The highest BCUT2D eigenvalue weighted by atomic mass is 16.5. The van der Waals surface area contributed by atoms with Gasteiger partial charge in [-0.25, -0.2) is 0 Å². The van der Waals surface area contributed by atoms with Crippen LogP contribution in [-0.2, 0) is 17.8 Å². The van der Waals surface area contributed by atoms with Crippen LogP contribution in [0.2, 0.25) is 0 Å². The Morgan fingerprint density at radius 1 is 1.34 bits per heavy atom. The third-order valence-electron chi connectivity index (χ3n) is 7.89. The number of ether oxygens (including phenoxy) is 1. The average Bonchev–Trinajstić information content (AvgIpc) is 3.30. The first-order valence-electron chi connectivity index (χ1n) is 11.0. The number of Topliss-reactive ketones (excluding diaryl/α,β-unsaturated/α-hetero) is 1. The SMILES string of the molecule is CCn1cc(/C=C2\C[C@H]3[C@@H]4CCc5cc(OC)ccc5[C@@H]4CC[C@]3(C)C2=O)cn1. The lowest BCUT2D eigenvalue weighted by Crippen LogP contribution is -2.42. The van der Waals surface area contributed by atoms with Crippen LogP contribution in [0.1, 0.15) is 62.1 Å². The molecule has 29 heavy (non-hydrogen) atoms. The van der Waals surface area contributed by atoms with E-state index < -0.39 is 0 Å². The summed E-state index contributed by atoms with van der Waals surface area (Å²) < 4.78 is 7.36. The molecule has 4 atom stereocenters. The van der Waals surface area contributed by atoms with E-state index in [-0.39, 0.29) is 5.41 Å². The second-order valence-electron chi connectivity index (χ2n) is 9.27. The Morgan fingerprint density at radius 2 is 2.21 bits per heavy atom. The normalized spacial score (nSPS) is 32.0. The Labute approximate surface area is 173 Å². The van der Waals surface area contributed by atoms with Gasteiger partial charge in [-0.05, 0) is 91.7 Å². The highest BCUT2D eigenvalue weighted by molar-refractivity contribution is 6.05. The number of aryl methyl sites for hydroxylation is 2. The summed E-state index contributed by atoms with van der Waals surface area (Å²) in [6, 6.07) is 6.60. The molecule has 2 fully saturated rings. The van der Waals surface area contributed by atoms with Crippen LogP contribution >= 0.6 is 0 Å². The first kappa shape index (κ1) is 18.7. The summed E-state index contributed by atoms with van der Waals surface area (Å²) in [4.78, 5) is 13.4. The molecule has 2 saturated carbocycles. The van der Waals surface area contributed by atoms with Gasteiger partial charge in [0.1, 0.15) is 5.75 Å². The molecular formula is C25H30N2O2. The lowest BCUT2D eigenvalue weighted by atomic mass is 9.55. The van der Waals surface area contributed by atoms with E-state index in [0.29, 0.717) is 23.5 Å². The molecule has 4 heteroatoms. The summed E-state index contributed by atoms with van der Waals surface area (Å²) in [5.74, 6) is 2.97. The van der Waals surface area contributed by atoms with Gasteiger partial charge in [-0.2, -0.15) is 5.10 Å². The smallest absolute Gasteiger partial charge is 0.165 e. The number of hydrogen-bond acceptors (Lipinski definition) is 3. The Balaban J connectivity index is 1.46. The van der Waals surface area contributed by atoms with Gasteiger partial charge in [0.05, 0.1) is 13.3 Å². The van der Waals surface area contributed by atoms with Gasteiger partial charge in [0.25, 0.3) is 0 Å². The van der Waals surface area contributed by atoms with E-state index in [0.717, 1.165) is 49.1 Å². The topological polar surface area (TPSA) is 44.1 Å². The molecule has 0 N–H and O–H groups in total. The molecule has 0 unspecified atom stereocenters. The third-order valence-corrected chi connectivity index (χ3v) is 7.89. The number of methoxy groups -OCH3 is 1. The summed E-state index contributed by atoms with van der Waals surface area (Å²) in [5.41, 5.74) is 4.81. The van der Waals surface area contributed by atoms with E-state index in [1.165, 1.54) is 17.5 Å². The van der Waals surface area contributed by atoms with Crippen LogP contribution in [-0.4, -0.2) is 22.7 Å². The molecule has 0 spiro atoms. The summed E-state index contributed by atoms with van der Waals surface area (Å²) in [7, 11) is 1.74. The van der Waals surface area contributed by atoms with Crippen molar-refractivity contribution in [3.8, 4) is 5.75 Å². The number of nitrogens with zero attached hydrogens (tertiary/aromatic N) is 2. The Hall–Kier alpha value is -2.36. The number of carbonyl (C=O) groups is 1. The molecule has 1 aromatic carbocycles. The maximum absolute atomic E-state index is 13.4. The lowest BCUT2D eigenvalue weighted by molar-refractivity contribution is -0.127. The molecule has 2 aromatic rings. The molecule has 4 nitrogen and oxygen atoms in total. The minimum Gasteiger partial charge on any atom is -0.497 e. The third kappa shape index (κ3) is 2.87. The number of rotatable bonds is 3. The van der Waals surface area contributed by atoms with Crippen molar-refractivity contribution in [2.24, 2.45) is 17.3 Å². The van der Waals surface area contributed by atoms with Crippen LogP contribution in [0.25, 0.3) is 6.08 Å². The van der Waals surface area contributed by atoms with Crippen molar-refractivity contribution < 1.29 is 9.53 Å². The van der Waals surface area contributed by atoms with Gasteiger partial charge in [-0.3, -0.25) is 9.48 Å². The van der Waals surface area contributed by atoms with Gasteiger partial charge in [-0.1, -0.05) is 13.0 Å². The maximum atomic E-state index is 13.4. The number of fused-ring (bicyclic) bond motifs is 5. The van der Waals surface area contributed by atoms with Crippen LogP contribution < -0.4 is 4.74 Å². The minimum atomic E-state index is -0.197. The molecule has 0 radical (unpaired) electrons. The van der Waals surface area contributed by atoms with Gasteiger partial charge in [-0.15, -0.1) is 0 Å². The van der Waals surface area contributed by atoms with Crippen LogP contribution in [0.5, 0.6) is 5.75 Å². The molecule has 1 aromatic heterocycles. The molecule has 0 bridgehead atoms. The first-order chi connectivity index (χ1) is 14.0. The second kappa shape index (κ2) is 6.86. The fourth-order valence-corrected chi connectivity index (χ4v) is 6.31. The van der Waals surface area contributed by atoms with E-state index >= 15 is 0 Å². The Kier molecular flexibility index (Phi) is 4.41. The summed E-state index contributed by atoms with van der Waals surface area (Å²) >= 11 is 0. The highest BCUT2D eigenvalue weighted by Gasteiger charge is 2.56. The van der Waals surface area contributed by atoms with Crippen molar-refractivity contribution in [3.63, 3.8) is 0 Å². The van der Waals surface area contributed by atoms with E-state index in [1.54, 1.807) is 7.11 Å². The summed E-state index contributed by atoms with van der Waals surface area (Å²) in [6.07, 6.45) is 11.3. The molecule has 152 valence electrons. The van der Waals surface area contributed by atoms with Gasteiger partial charge in [0.2, 0.25) is 0 Å². The van der Waals surface area contributed by atoms with Gasteiger partial charge in [0.15, 0.2) is 5.78 Å². The number of ketones is 1. The zero-order valence-corrected chi connectivity index (χ0v) is 17.6. The zero-order chi connectivity index (χ0) is 20.2. The first-order valence-corrected chi connectivity index (χ1v) is 11.0. The van der Waals surface area contributed by atoms with E-state index in [2.05, 4.69) is 43.2 Å². The predicted octanol–water partition coefficient (Wildman–Crippen LogP) is 5.03. The lowest BCUT2D eigenvalue weighted by Gasteiger charge is -2.48. The predicted molar refractivity (Wildman–Crippen MR) is 114 cm³/mol. The highest BCUT2D eigenvalue weighted by Crippen LogP contribution is 2.60. The molecule has 0 amide bonds. The quantitative estimate of drug-likeness (QED) is 0.691. The van der Waals surface area contributed by atoms with Crippen LogP contribution in [0.4, 0.5) is 0 Å². The number of aromatic nitrogens is 2. The standard InChI is InChI=1S/C25H30N2O2/c1-4-27-15-16(14-26-27)11-18-13-23-22-7-5-17-12-19(29-3)6-8-20(17)21(22)9-10-25(23,2)24(18)28/h6,8,11-12,14-15,21-23H,4-5,7,9-10,13H2,1-3H3/b18-11+/t21-,22+,23-,25-/m0/s1. The molecule has 0 saturated heterocycles. The van der Waals surface area contributed by atoms with E-state index in [9.17, 15) is 4.79 Å². The fraction of sp³-hybridized carbons (Fsp3) is 0.520. The number of allylic oxidation sites excluding steroid dienone is 1. The number of carbonyl (C=O) groups excluding carboxylic acids is 1. The van der Waals surface area contributed by atoms with Crippen molar-refractivity contribution >= 4 is 11.9 Å². The molecule has 1 heterocycles. The minimum absolute atomic E-state index is 0.197. The second-order valence-corrected chi connectivity index (χ2v) is 9.27. The largest absolute Gasteiger partial charge is 0.497 e. The molecule has 3 aliphatic carbocycles. The van der Waals surface area contributed by atoms with Gasteiger partial charge < -0.3 is 4.74 Å². The summed E-state index contributed by atoms with van der Waals surface area (Å²) in [5, 5.41) is 4.37. The average molecular weight is 391 g/mol. The van der Waals surface area contributed by atoms with Crippen molar-refractivity contribution in [1.29, 1.82) is 0 Å². The molecule has 0 aliphatic heterocycles. The van der Waals surface area contributed by atoms with E-state index in [1.807, 2.05) is 17.1 Å². The Bertz CT molecular complexity index is 988. The van der Waals surface area contributed by atoms with Crippen LogP contribution in [0.3, 0.4) is 0 Å². The molecule has 5 rings (SSSR count). The van der Waals surface area contributed by atoms with Crippen LogP contribution in [0.15, 0.2) is 36.2 Å². The molecular weight excluding hydrogens is 360 g/mol.